The van der Waals surface area contributed by atoms with Gasteiger partial charge >= 0.3 is 0 Å². The number of para-hydroxylation sites is 1. The number of benzene rings is 2. The maximum atomic E-state index is 6.38. The van der Waals surface area contributed by atoms with Crippen LogP contribution in [0, 0.1) is 0 Å². The quantitative estimate of drug-likeness (QED) is 0.221. The minimum absolute atomic E-state index is 0.122. The summed E-state index contributed by atoms with van der Waals surface area (Å²) in [5.74, 6) is 3.59. The van der Waals surface area contributed by atoms with Gasteiger partial charge in [0.25, 0.3) is 0 Å². The second kappa shape index (κ2) is 10.7. The monoisotopic (exact) mass is 546 g/mol. The molecule has 6 nitrogen and oxygen atoms in total. The fourth-order valence-corrected chi connectivity index (χ4v) is 6.31. The number of nitrogens with one attached hydrogen (secondary N) is 1. The Morgan fingerprint density at radius 2 is 1.77 bits per heavy atom. The maximum Gasteiger partial charge on any atom is 0.192 e. The number of hydrogen-bond acceptors (Lipinski definition) is 6. The lowest BCUT2D eigenvalue weighted by Crippen LogP contribution is -2.41. The lowest BCUT2D eigenvalue weighted by molar-refractivity contribution is 0.301. The Hall–Kier alpha value is -2.64. The largest absolute Gasteiger partial charge is 0.496 e. The average Bonchev–Trinajstić information content (AvgIpc) is 3.68. The second-order valence-corrected chi connectivity index (χ2v) is 18.0. The smallest absolute Gasteiger partial charge is 0.192 e. The second-order valence-electron chi connectivity index (χ2n) is 13.2. The highest BCUT2D eigenvalue weighted by molar-refractivity contribution is 6.74. The first-order chi connectivity index (χ1) is 18.5. The third-order valence-corrected chi connectivity index (χ3v) is 13.8. The van der Waals surface area contributed by atoms with Gasteiger partial charge in [0.2, 0.25) is 0 Å². The number of rotatable bonds is 9. The highest BCUT2D eigenvalue weighted by Crippen LogP contribution is 2.47. The zero-order chi connectivity index (χ0) is 27.8. The van der Waals surface area contributed by atoms with Crippen molar-refractivity contribution in [2.75, 3.05) is 43.6 Å². The van der Waals surface area contributed by atoms with Gasteiger partial charge in [0.1, 0.15) is 17.4 Å². The van der Waals surface area contributed by atoms with Gasteiger partial charge in [-0.3, -0.25) is 0 Å². The van der Waals surface area contributed by atoms with E-state index in [1.54, 1.807) is 7.11 Å². The maximum absolute atomic E-state index is 6.38. The molecule has 0 atom stereocenters. The van der Waals surface area contributed by atoms with Crippen LogP contribution in [0.3, 0.4) is 0 Å². The Balaban J connectivity index is 1.35. The van der Waals surface area contributed by atoms with Crippen LogP contribution in [-0.2, 0) is 9.84 Å². The molecule has 1 aliphatic heterocycles. The first kappa shape index (κ1) is 27.9. The van der Waals surface area contributed by atoms with Crippen molar-refractivity contribution in [3.63, 3.8) is 0 Å². The van der Waals surface area contributed by atoms with Crippen molar-refractivity contribution in [2.45, 2.75) is 82.8 Å². The standard InChI is InChI=1S/C32H46N4O2Si/c1-31(2,3)39(6,7)38-21-18-33-24-12-13-27-26(22-24)29(35-30(34-27)32(4)16-17-32)36-19-14-23(15-20-36)25-10-8-9-11-28(25)37-5/h8-13,22-23,33H,14-21H2,1-7H3. The topological polar surface area (TPSA) is 59.5 Å². The van der Waals surface area contributed by atoms with Crippen molar-refractivity contribution < 1.29 is 9.16 Å². The van der Waals surface area contributed by atoms with Gasteiger partial charge < -0.3 is 19.4 Å². The molecule has 0 amide bonds. The van der Waals surface area contributed by atoms with E-state index in [0.29, 0.717) is 12.5 Å². The Morgan fingerprint density at radius 3 is 2.44 bits per heavy atom. The number of methoxy groups -OCH3 is 1. The predicted octanol–water partition coefficient (Wildman–Crippen LogP) is 7.51. The van der Waals surface area contributed by atoms with E-state index >= 15 is 0 Å². The average molecular weight is 547 g/mol. The molecule has 5 rings (SSSR count). The summed E-state index contributed by atoms with van der Waals surface area (Å²) in [6, 6.07) is 15.0. The zero-order valence-electron chi connectivity index (χ0n) is 24.9. The first-order valence-corrected chi connectivity index (χ1v) is 17.5. The van der Waals surface area contributed by atoms with E-state index < -0.39 is 8.32 Å². The molecule has 3 aromatic rings. The molecule has 2 fully saturated rings. The van der Waals surface area contributed by atoms with E-state index in [0.717, 1.165) is 66.5 Å². The van der Waals surface area contributed by atoms with Crippen molar-refractivity contribution in [2.24, 2.45) is 0 Å². The number of fused-ring (bicyclic) bond motifs is 1. The summed E-state index contributed by atoms with van der Waals surface area (Å²) in [6.45, 7) is 17.2. The van der Waals surface area contributed by atoms with E-state index in [9.17, 15) is 0 Å². The van der Waals surface area contributed by atoms with Gasteiger partial charge in [-0.2, -0.15) is 0 Å². The Kier molecular flexibility index (Phi) is 7.68. The Bertz CT molecular complexity index is 1310. The molecule has 0 bridgehead atoms. The van der Waals surface area contributed by atoms with Crippen LogP contribution in [0.1, 0.15) is 70.7 Å². The van der Waals surface area contributed by atoms with Crippen LogP contribution in [0.25, 0.3) is 10.9 Å². The third-order valence-electron chi connectivity index (χ3n) is 9.29. The first-order valence-electron chi connectivity index (χ1n) is 14.6. The van der Waals surface area contributed by atoms with Crippen LogP contribution in [-0.4, -0.2) is 51.6 Å². The molecule has 1 saturated carbocycles. The summed E-state index contributed by atoms with van der Waals surface area (Å²) < 4.78 is 12.0. The van der Waals surface area contributed by atoms with Crippen molar-refractivity contribution >= 4 is 30.7 Å². The van der Waals surface area contributed by atoms with Crippen molar-refractivity contribution in [1.29, 1.82) is 0 Å². The van der Waals surface area contributed by atoms with E-state index in [2.05, 4.69) is 93.5 Å². The lowest BCUT2D eigenvalue weighted by Gasteiger charge is -2.36. The van der Waals surface area contributed by atoms with Gasteiger partial charge in [-0.1, -0.05) is 45.9 Å². The van der Waals surface area contributed by atoms with Crippen LogP contribution in [0.4, 0.5) is 11.5 Å². The number of ether oxygens (including phenoxy) is 1. The number of hydrogen-bond donors (Lipinski definition) is 1. The molecule has 1 saturated heterocycles. The molecule has 0 spiro atoms. The summed E-state index contributed by atoms with van der Waals surface area (Å²) >= 11 is 0. The van der Waals surface area contributed by atoms with Crippen molar-refractivity contribution in [3.05, 3.63) is 53.9 Å². The summed E-state index contributed by atoms with van der Waals surface area (Å²) in [7, 11) is 0.0223. The number of piperidine rings is 1. The van der Waals surface area contributed by atoms with Crippen LogP contribution in [0.2, 0.25) is 18.1 Å². The van der Waals surface area contributed by atoms with E-state index in [-0.39, 0.29) is 10.5 Å². The van der Waals surface area contributed by atoms with E-state index in [1.807, 2.05) is 0 Å². The molecule has 1 aromatic heterocycles. The van der Waals surface area contributed by atoms with Gasteiger partial charge in [-0.25, -0.2) is 9.97 Å². The van der Waals surface area contributed by atoms with Crippen LogP contribution < -0.4 is 15.0 Å². The summed E-state index contributed by atoms with van der Waals surface area (Å²) in [5, 5.41) is 4.95. The lowest BCUT2D eigenvalue weighted by atomic mass is 9.88. The van der Waals surface area contributed by atoms with Crippen LogP contribution in [0.15, 0.2) is 42.5 Å². The Labute approximate surface area is 235 Å². The van der Waals surface area contributed by atoms with E-state index in [1.165, 1.54) is 18.4 Å². The Morgan fingerprint density at radius 1 is 1.05 bits per heavy atom. The molecule has 1 aliphatic carbocycles. The minimum atomic E-state index is -1.75. The summed E-state index contributed by atoms with van der Waals surface area (Å²) in [5.41, 5.74) is 3.58. The normalized spacial score (nSPS) is 17.9. The predicted molar refractivity (Wildman–Crippen MR) is 165 cm³/mol. The third kappa shape index (κ3) is 5.94. The molecular weight excluding hydrogens is 500 g/mol. The molecule has 2 aliphatic rings. The van der Waals surface area contributed by atoms with Gasteiger partial charge in [0.05, 0.1) is 19.2 Å². The molecule has 2 aromatic carbocycles. The minimum Gasteiger partial charge on any atom is -0.496 e. The van der Waals surface area contributed by atoms with Gasteiger partial charge in [-0.15, -0.1) is 0 Å². The number of nitrogens with zero attached hydrogens (tertiary/aromatic N) is 3. The molecule has 0 radical (unpaired) electrons. The van der Waals surface area contributed by atoms with Crippen molar-refractivity contribution in [1.82, 2.24) is 9.97 Å². The fourth-order valence-electron chi connectivity index (χ4n) is 5.27. The molecule has 210 valence electrons. The molecule has 39 heavy (non-hydrogen) atoms. The molecule has 0 unspecified atom stereocenters. The van der Waals surface area contributed by atoms with Crippen LogP contribution >= 0.6 is 0 Å². The van der Waals surface area contributed by atoms with Crippen LogP contribution in [0.5, 0.6) is 5.75 Å². The molecule has 2 heterocycles. The fraction of sp³-hybridized carbons (Fsp3) is 0.562. The highest BCUT2D eigenvalue weighted by atomic mass is 28.4. The molecule has 7 heteroatoms. The van der Waals surface area contributed by atoms with Gasteiger partial charge in [0, 0.05) is 36.1 Å². The summed E-state index contributed by atoms with van der Waals surface area (Å²) in [6.07, 6.45) is 4.51. The summed E-state index contributed by atoms with van der Waals surface area (Å²) in [4.78, 5) is 12.8. The zero-order valence-corrected chi connectivity index (χ0v) is 25.9. The molecule has 1 N–H and O–H groups in total. The van der Waals surface area contributed by atoms with Gasteiger partial charge in [0.15, 0.2) is 8.32 Å². The SMILES string of the molecule is COc1ccccc1C1CCN(c2nc(C3(C)CC3)nc3ccc(NCCO[Si](C)(C)C(C)(C)C)cc23)CC1. The number of anilines is 2. The number of aromatic nitrogens is 2. The molecular formula is C32H46N4O2Si. The van der Waals surface area contributed by atoms with Gasteiger partial charge in [-0.05, 0) is 79.6 Å². The highest BCUT2D eigenvalue weighted by Gasteiger charge is 2.43. The van der Waals surface area contributed by atoms with E-state index in [4.69, 9.17) is 19.1 Å². The van der Waals surface area contributed by atoms with Crippen molar-refractivity contribution in [3.8, 4) is 5.75 Å².